The van der Waals surface area contributed by atoms with E-state index in [0.29, 0.717) is 6.04 Å². The zero-order chi connectivity index (χ0) is 18.1. The highest BCUT2D eigenvalue weighted by Gasteiger charge is 2.30. The Labute approximate surface area is 163 Å². The first-order valence-electron chi connectivity index (χ1n) is 9.06. The minimum Gasteiger partial charge on any atom is -0.385 e. The molecule has 0 bridgehead atoms. The molecule has 2 aliphatic heterocycles. The topological polar surface area (TPSA) is 28.1 Å². The molecule has 1 aromatic carbocycles. The number of hydrogen-bond acceptors (Lipinski definition) is 6. The van der Waals surface area contributed by atoms with E-state index in [2.05, 4.69) is 54.1 Å². The molecule has 0 unspecified atom stereocenters. The van der Waals surface area contributed by atoms with Crippen molar-refractivity contribution in [2.24, 2.45) is 4.99 Å². The second-order valence-electron chi connectivity index (χ2n) is 6.93. The van der Waals surface area contributed by atoms with Crippen LogP contribution < -0.4 is 0 Å². The summed E-state index contributed by atoms with van der Waals surface area (Å²) in [5.41, 5.74) is 2.38. The van der Waals surface area contributed by atoms with Crippen molar-refractivity contribution in [1.29, 1.82) is 0 Å². The number of nitrogens with zero attached hydrogens (tertiary/aromatic N) is 3. The van der Waals surface area contributed by atoms with Crippen LogP contribution in [-0.4, -0.2) is 62.1 Å². The van der Waals surface area contributed by atoms with Crippen LogP contribution >= 0.6 is 23.1 Å². The predicted molar refractivity (Wildman–Crippen MR) is 110 cm³/mol. The molecular weight excluding hydrogens is 362 g/mol. The third-order valence-electron chi connectivity index (χ3n) is 5.09. The molecule has 0 spiro atoms. The molecule has 0 saturated carbocycles. The maximum atomic E-state index is 5.32. The lowest BCUT2D eigenvalue weighted by Crippen LogP contribution is -2.53. The van der Waals surface area contributed by atoms with Gasteiger partial charge in [-0.2, -0.15) is 0 Å². The van der Waals surface area contributed by atoms with E-state index in [1.807, 2.05) is 23.1 Å². The third kappa shape index (κ3) is 3.56. The Kier molecular flexibility index (Phi) is 5.36. The number of rotatable bonds is 3. The molecule has 138 valence electrons. The Morgan fingerprint density at radius 3 is 2.96 bits per heavy atom. The van der Waals surface area contributed by atoms with Gasteiger partial charge in [-0.15, -0.1) is 11.3 Å². The molecule has 4 nitrogen and oxygen atoms in total. The predicted octanol–water partition coefficient (Wildman–Crippen LogP) is 4.25. The molecule has 2 aromatic rings. The first-order chi connectivity index (χ1) is 12.7. The molecule has 2 aliphatic rings. The van der Waals surface area contributed by atoms with Gasteiger partial charge in [0.15, 0.2) is 0 Å². The molecule has 6 heteroatoms. The summed E-state index contributed by atoms with van der Waals surface area (Å²) in [6, 6.07) is 11.3. The number of benzene rings is 1. The standard InChI is InChI=1S/C20H25N3OS2/c1-14-12-16-19(23-10-9-22(2)15(13-23)8-11-24-3)21-17-6-4-5-7-18(17)26-20(16)25-14/h4-7,12,15H,8-11,13H2,1-3H3/t15-/m0/s1. The van der Waals surface area contributed by atoms with E-state index in [0.717, 1.165) is 44.2 Å². The van der Waals surface area contributed by atoms with Crippen LogP contribution in [0.4, 0.5) is 5.69 Å². The Bertz CT molecular complexity index is 817. The third-order valence-corrected chi connectivity index (χ3v) is 7.40. The Morgan fingerprint density at radius 1 is 1.27 bits per heavy atom. The number of hydrogen-bond donors (Lipinski definition) is 0. The summed E-state index contributed by atoms with van der Waals surface area (Å²) in [6.07, 6.45) is 1.05. The fraction of sp³-hybridized carbons (Fsp3) is 0.450. The van der Waals surface area contributed by atoms with Gasteiger partial charge in [-0.25, -0.2) is 4.99 Å². The van der Waals surface area contributed by atoms with Gasteiger partial charge in [0.1, 0.15) is 5.84 Å². The molecule has 0 amide bonds. The highest BCUT2D eigenvalue weighted by molar-refractivity contribution is 8.01. The monoisotopic (exact) mass is 387 g/mol. The van der Waals surface area contributed by atoms with Crippen LogP contribution in [0.3, 0.4) is 0 Å². The SMILES string of the molecule is COCC[C@H]1CN(C2=Nc3ccccc3Sc3sc(C)cc32)CCN1C. The van der Waals surface area contributed by atoms with Crippen LogP contribution in [0.25, 0.3) is 0 Å². The van der Waals surface area contributed by atoms with Gasteiger partial charge in [0.05, 0.1) is 9.90 Å². The smallest absolute Gasteiger partial charge is 0.138 e. The molecule has 26 heavy (non-hydrogen) atoms. The van der Waals surface area contributed by atoms with E-state index >= 15 is 0 Å². The van der Waals surface area contributed by atoms with Crippen LogP contribution in [0, 0.1) is 6.92 Å². The zero-order valence-corrected chi connectivity index (χ0v) is 17.2. The van der Waals surface area contributed by atoms with Crippen LogP contribution in [0.1, 0.15) is 16.9 Å². The minimum atomic E-state index is 0.501. The number of piperazine rings is 1. The van der Waals surface area contributed by atoms with E-state index in [1.54, 1.807) is 7.11 Å². The van der Waals surface area contributed by atoms with Gasteiger partial charge in [0.25, 0.3) is 0 Å². The highest BCUT2D eigenvalue weighted by Crippen LogP contribution is 2.44. The van der Waals surface area contributed by atoms with Crippen molar-refractivity contribution in [3.8, 4) is 0 Å². The molecule has 0 radical (unpaired) electrons. The first kappa shape index (κ1) is 18.0. The van der Waals surface area contributed by atoms with Crippen molar-refractivity contribution in [3.63, 3.8) is 0 Å². The highest BCUT2D eigenvalue weighted by atomic mass is 32.2. The average molecular weight is 388 g/mol. The first-order valence-corrected chi connectivity index (χ1v) is 10.7. The van der Waals surface area contributed by atoms with Crippen molar-refractivity contribution in [3.05, 3.63) is 40.8 Å². The van der Waals surface area contributed by atoms with Gasteiger partial charge in [-0.3, -0.25) is 4.90 Å². The maximum Gasteiger partial charge on any atom is 0.138 e. The van der Waals surface area contributed by atoms with E-state index in [4.69, 9.17) is 9.73 Å². The second-order valence-corrected chi connectivity index (χ2v) is 9.49. The number of aryl methyl sites for hydroxylation is 1. The lowest BCUT2D eigenvalue weighted by molar-refractivity contribution is 0.100. The Hall–Kier alpha value is -1.34. The fourth-order valence-corrected chi connectivity index (χ4v) is 5.96. The molecule has 0 N–H and O–H groups in total. The summed E-state index contributed by atoms with van der Waals surface area (Å²) in [4.78, 5) is 12.7. The summed E-state index contributed by atoms with van der Waals surface area (Å²) >= 11 is 3.73. The van der Waals surface area contributed by atoms with Crippen LogP contribution in [0.15, 0.2) is 44.4 Å². The summed E-state index contributed by atoms with van der Waals surface area (Å²) in [7, 11) is 4.00. The minimum absolute atomic E-state index is 0.501. The number of amidine groups is 1. The number of fused-ring (bicyclic) bond motifs is 2. The fourth-order valence-electron chi connectivity index (χ4n) is 3.58. The number of ether oxygens (including phenoxy) is 1. The Morgan fingerprint density at radius 2 is 2.12 bits per heavy atom. The quantitative estimate of drug-likeness (QED) is 0.787. The van der Waals surface area contributed by atoms with E-state index in [9.17, 15) is 0 Å². The van der Waals surface area contributed by atoms with Gasteiger partial charge < -0.3 is 9.64 Å². The molecule has 1 atom stereocenters. The molecule has 1 saturated heterocycles. The van der Waals surface area contributed by atoms with Crippen molar-refractivity contribution in [1.82, 2.24) is 9.80 Å². The number of aliphatic imine (C=N–C) groups is 1. The Balaban J connectivity index is 1.70. The lowest BCUT2D eigenvalue weighted by Gasteiger charge is -2.41. The van der Waals surface area contributed by atoms with Gasteiger partial charge in [0, 0.05) is 54.7 Å². The van der Waals surface area contributed by atoms with Gasteiger partial charge >= 0.3 is 0 Å². The van der Waals surface area contributed by atoms with E-state index < -0.39 is 0 Å². The normalized spacial score (nSPS) is 20.3. The second kappa shape index (κ2) is 7.72. The van der Waals surface area contributed by atoms with E-state index in [1.165, 1.54) is 19.5 Å². The average Bonchev–Trinajstić information content (AvgIpc) is 2.93. The summed E-state index contributed by atoms with van der Waals surface area (Å²) in [6.45, 7) is 6.06. The van der Waals surface area contributed by atoms with Crippen LogP contribution in [0.2, 0.25) is 0 Å². The number of para-hydroxylation sites is 1. The van der Waals surface area contributed by atoms with Gasteiger partial charge in [0.2, 0.25) is 0 Å². The number of likely N-dealkylation sites (N-methyl/N-ethyl adjacent to an activating group) is 1. The van der Waals surface area contributed by atoms with Crippen LogP contribution in [-0.2, 0) is 4.74 Å². The summed E-state index contributed by atoms with van der Waals surface area (Å²) in [5.74, 6) is 1.14. The molecule has 0 aliphatic carbocycles. The van der Waals surface area contributed by atoms with Crippen molar-refractivity contribution < 1.29 is 4.74 Å². The zero-order valence-electron chi connectivity index (χ0n) is 15.6. The molecule has 1 fully saturated rings. The maximum absolute atomic E-state index is 5.32. The van der Waals surface area contributed by atoms with Gasteiger partial charge in [-0.05, 0) is 38.6 Å². The summed E-state index contributed by atoms with van der Waals surface area (Å²) in [5, 5.41) is 0. The van der Waals surface area contributed by atoms with Crippen molar-refractivity contribution >= 4 is 34.6 Å². The molecule has 3 heterocycles. The lowest BCUT2D eigenvalue weighted by atomic mass is 10.1. The van der Waals surface area contributed by atoms with Crippen molar-refractivity contribution in [2.75, 3.05) is 40.4 Å². The number of thiophene rings is 1. The van der Waals surface area contributed by atoms with E-state index in [-0.39, 0.29) is 0 Å². The summed E-state index contributed by atoms with van der Waals surface area (Å²) < 4.78 is 6.68. The molecular formula is C20H25N3OS2. The largest absolute Gasteiger partial charge is 0.385 e. The molecule has 4 rings (SSSR count). The van der Waals surface area contributed by atoms with Crippen LogP contribution in [0.5, 0.6) is 0 Å². The van der Waals surface area contributed by atoms with Crippen molar-refractivity contribution in [2.45, 2.75) is 28.5 Å². The molecule has 1 aromatic heterocycles. The van der Waals surface area contributed by atoms with Gasteiger partial charge in [-0.1, -0.05) is 23.9 Å². The number of methoxy groups -OCH3 is 1.